The molecule has 0 amide bonds. The number of anilines is 1. The molecule has 204 valence electrons. The SMILES string of the molecule is C=C/C(=C(\N=C(/C)Nc1cccc(S(C)(=N)=O)c1)NCC/C(=C/C)c1ccccc1)c1ccc(CCC)cc1. The quantitative estimate of drug-likeness (QED) is 0.123. The topological polar surface area (TPSA) is 77.3 Å². The summed E-state index contributed by atoms with van der Waals surface area (Å²) in [6.45, 7) is 10.9. The average Bonchev–Trinajstić information content (AvgIpc) is 2.92. The van der Waals surface area contributed by atoms with E-state index in [2.05, 4.69) is 85.7 Å². The van der Waals surface area contributed by atoms with Gasteiger partial charge in [0.1, 0.15) is 11.7 Å². The van der Waals surface area contributed by atoms with Crippen molar-refractivity contribution in [2.75, 3.05) is 18.1 Å². The Kier molecular flexibility index (Phi) is 10.9. The van der Waals surface area contributed by atoms with Gasteiger partial charge in [0, 0.05) is 29.0 Å². The minimum absolute atomic E-state index is 0.480. The van der Waals surface area contributed by atoms with E-state index in [9.17, 15) is 4.21 Å². The van der Waals surface area contributed by atoms with Crippen LogP contribution in [0.5, 0.6) is 0 Å². The first-order valence-corrected chi connectivity index (χ1v) is 15.3. The fourth-order valence-corrected chi connectivity index (χ4v) is 5.02. The lowest BCUT2D eigenvalue weighted by atomic mass is 10.0. The van der Waals surface area contributed by atoms with Crippen LogP contribution in [0.2, 0.25) is 0 Å². The molecule has 6 heteroatoms. The van der Waals surface area contributed by atoms with Crippen LogP contribution in [0.4, 0.5) is 5.69 Å². The summed E-state index contributed by atoms with van der Waals surface area (Å²) in [5.74, 6) is 1.39. The Hall–Kier alpha value is -3.90. The third-order valence-electron chi connectivity index (χ3n) is 6.33. The van der Waals surface area contributed by atoms with Gasteiger partial charge in [-0.1, -0.05) is 92.7 Å². The number of amidine groups is 1. The molecule has 3 N–H and O–H groups in total. The molecule has 0 aliphatic rings. The first-order chi connectivity index (χ1) is 18.7. The number of hydrogen-bond acceptors (Lipinski definition) is 4. The summed E-state index contributed by atoms with van der Waals surface area (Å²) in [5.41, 5.74) is 6.48. The van der Waals surface area contributed by atoms with Gasteiger partial charge in [0.25, 0.3) is 0 Å². The Morgan fingerprint density at radius 3 is 2.36 bits per heavy atom. The molecular weight excluding hydrogens is 500 g/mol. The molecule has 0 heterocycles. The molecule has 3 aromatic rings. The predicted octanol–water partition coefficient (Wildman–Crippen LogP) is 8.14. The maximum Gasteiger partial charge on any atom is 0.135 e. The highest BCUT2D eigenvalue weighted by molar-refractivity contribution is 7.91. The van der Waals surface area contributed by atoms with Crippen LogP contribution in [0, 0.1) is 4.78 Å². The normalized spacial score (nSPS) is 14.3. The van der Waals surface area contributed by atoms with E-state index in [0.717, 1.165) is 41.9 Å². The minimum atomic E-state index is -2.81. The molecule has 0 radical (unpaired) electrons. The molecule has 1 unspecified atom stereocenters. The summed E-state index contributed by atoms with van der Waals surface area (Å²) in [6, 6.07) is 26.1. The average molecular weight is 541 g/mol. The van der Waals surface area contributed by atoms with Gasteiger partial charge in [-0.3, -0.25) is 0 Å². The molecular formula is C33H40N4OS. The van der Waals surface area contributed by atoms with Gasteiger partial charge in [-0.15, -0.1) is 0 Å². The van der Waals surface area contributed by atoms with Crippen molar-refractivity contribution in [3.8, 4) is 0 Å². The lowest BCUT2D eigenvalue weighted by Crippen LogP contribution is -2.18. The van der Waals surface area contributed by atoms with Crippen molar-refractivity contribution in [1.82, 2.24) is 5.32 Å². The van der Waals surface area contributed by atoms with Crippen LogP contribution in [0.15, 0.2) is 113 Å². The summed E-state index contributed by atoms with van der Waals surface area (Å²) in [6.07, 6.45) is 8.41. The second kappa shape index (κ2) is 14.3. The number of rotatable bonds is 12. The van der Waals surface area contributed by atoms with Gasteiger partial charge < -0.3 is 10.6 Å². The Bertz CT molecular complexity index is 1450. The van der Waals surface area contributed by atoms with E-state index in [1.54, 1.807) is 18.2 Å². The third-order valence-corrected chi connectivity index (χ3v) is 7.48. The van der Waals surface area contributed by atoms with Gasteiger partial charge >= 0.3 is 0 Å². The summed E-state index contributed by atoms with van der Waals surface area (Å²) in [5, 5.41) is 6.86. The largest absolute Gasteiger partial charge is 0.369 e. The number of benzene rings is 3. The summed E-state index contributed by atoms with van der Waals surface area (Å²) >= 11 is 0. The first-order valence-electron chi connectivity index (χ1n) is 13.3. The summed E-state index contributed by atoms with van der Waals surface area (Å²) in [7, 11) is -2.81. The van der Waals surface area contributed by atoms with Gasteiger partial charge in [0.2, 0.25) is 0 Å². The zero-order valence-corrected chi connectivity index (χ0v) is 24.3. The molecule has 1 atom stereocenters. The van der Waals surface area contributed by atoms with Crippen LogP contribution in [0.25, 0.3) is 11.1 Å². The van der Waals surface area contributed by atoms with E-state index in [4.69, 9.17) is 9.77 Å². The van der Waals surface area contributed by atoms with Crippen molar-refractivity contribution in [1.29, 1.82) is 4.78 Å². The van der Waals surface area contributed by atoms with Crippen molar-refractivity contribution < 1.29 is 4.21 Å². The Morgan fingerprint density at radius 2 is 1.74 bits per heavy atom. The third kappa shape index (κ3) is 8.82. The lowest BCUT2D eigenvalue weighted by molar-refractivity contribution is 0.679. The van der Waals surface area contributed by atoms with E-state index < -0.39 is 9.73 Å². The number of aryl methyl sites for hydroxylation is 1. The van der Waals surface area contributed by atoms with Gasteiger partial charge in [0.15, 0.2) is 0 Å². The van der Waals surface area contributed by atoms with Gasteiger partial charge in [0.05, 0.1) is 9.73 Å². The number of aliphatic imine (C=N–C) groups is 1. The maximum absolute atomic E-state index is 12.2. The van der Waals surface area contributed by atoms with Crippen molar-refractivity contribution in [3.63, 3.8) is 0 Å². The fourth-order valence-electron chi connectivity index (χ4n) is 4.33. The van der Waals surface area contributed by atoms with Crippen LogP contribution < -0.4 is 10.6 Å². The zero-order valence-electron chi connectivity index (χ0n) is 23.5. The predicted molar refractivity (Wildman–Crippen MR) is 168 cm³/mol. The Morgan fingerprint density at radius 1 is 1.03 bits per heavy atom. The van der Waals surface area contributed by atoms with Crippen LogP contribution >= 0.6 is 0 Å². The molecule has 0 aliphatic carbocycles. The molecule has 0 saturated carbocycles. The standard InChI is InChI=1S/C33H40N4OS/c1-6-13-26-18-20-29(21-19-26)32(8-3)33(35-23-22-27(7-2)28-14-10-9-11-15-28)37-25(4)36-30-16-12-17-31(24-30)39(5,34)38/h7-12,14-21,24,34-35H,3,6,13,22-23H2,1-2,4-5H3,(H,36,37)/b27-7-,33-32+. The molecule has 5 nitrogen and oxygen atoms in total. The number of hydrogen-bond donors (Lipinski definition) is 3. The van der Waals surface area contributed by atoms with Crippen LogP contribution in [-0.2, 0) is 16.1 Å². The number of allylic oxidation sites excluding steroid dienone is 3. The minimum Gasteiger partial charge on any atom is -0.369 e. The van der Waals surface area contributed by atoms with E-state index >= 15 is 0 Å². The fraction of sp³-hybridized carbons (Fsp3) is 0.242. The summed E-state index contributed by atoms with van der Waals surface area (Å²) < 4.78 is 20.1. The second-order valence-corrected chi connectivity index (χ2v) is 11.6. The van der Waals surface area contributed by atoms with Crippen molar-refractivity contribution >= 4 is 32.4 Å². The highest BCUT2D eigenvalue weighted by atomic mass is 32.2. The van der Waals surface area contributed by atoms with E-state index in [1.807, 2.05) is 25.1 Å². The van der Waals surface area contributed by atoms with E-state index in [-0.39, 0.29) is 0 Å². The van der Waals surface area contributed by atoms with Crippen molar-refractivity contribution in [2.45, 2.75) is 44.9 Å². The first kappa shape index (κ1) is 29.7. The van der Waals surface area contributed by atoms with Crippen LogP contribution in [-0.4, -0.2) is 22.8 Å². The van der Waals surface area contributed by atoms with E-state index in [0.29, 0.717) is 17.3 Å². The molecule has 0 bridgehead atoms. The van der Waals surface area contributed by atoms with Crippen molar-refractivity contribution in [2.24, 2.45) is 4.99 Å². The Labute approximate surface area is 234 Å². The lowest BCUT2D eigenvalue weighted by Gasteiger charge is -2.16. The number of nitrogens with zero attached hydrogens (tertiary/aromatic N) is 1. The smallest absolute Gasteiger partial charge is 0.135 e. The zero-order chi connectivity index (χ0) is 28.3. The highest BCUT2D eigenvalue weighted by Crippen LogP contribution is 2.23. The molecule has 3 aromatic carbocycles. The molecule has 0 saturated heterocycles. The molecule has 0 spiro atoms. The molecule has 39 heavy (non-hydrogen) atoms. The second-order valence-electron chi connectivity index (χ2n) is 9.46. The highest BCUT2D eigenvalue weighted by Gasteiger charge is 2.10. The van der Waals surface area contributed by atoms with Gasteiger partial charge in [-0.25, -0.2) is 14.0 Å². The van der Waals surface area contributed by atoms with Crippen LogP contribution in [0.1, 0.15) is 50.3 Å². The molecule has 0 aromatic heterocycles. The van der Waals surface area contributed by atoms with Crippen LogP contribution in [0.3, 0.4) is 0 Å². The Balaban J connectivity index is 1.92. The van der Waals surface area contributed by atoms with Crippen molar-refractivity contribution in [3.05, 3.63) is 120 Å². The maximum atomic E-state index is 12.2. The molecule has 0 aliphatic heterocycles. The van der Waals surface area contributed by atoms with E-state index in [1.165, 1.54) is 23.0 Å². The molecule has 3 rings (SSSR count). The number of nitrogens with one attached hydrogen (secondary N) is 3. The van der Waals surface area contributed by atoms with Gasteiger partial charge in [-0.2, -0.15) is 0 Å². The molecule has 0 fully saturated rings. The summed E-state index contributed by atoms with van der Waals surface area (Å²) in [4.78, 5) is 5.41. The monoisotopic (exact) mass is 540 g/mol. The van der Waals surface area contributed by atoms with Gasteiger partial charge in [-0.05, 0) is 67.2 Å².